The molecule has 0 aliphatic carbocycles. The third-order valence-electron chi connectivity index (χ3n) is 4.61. The SMILES string of the molecule is Cc1cccc2cc(C(=O)N3CCc4ccccc4C3)c(=O)oc12. The lowest BCUT2D eigenvalue weighted by atomic mass is 9.99. The number of hydrogen-bond acceptors (Lipinski definition) is 3. The Balaban J connectivity index is 1.72. The van der Waals surface area contributed by atoms with Crippen LogP contribution in [0.5, 0.6) is 0 Å². The first-order chi connectivity index (χ1) is 11.6. The lowest BCUT2D eigenvalue weighted by Crippen LogP contribution is -2.38. The zero-order chi connectivity index (χ0) is 16.7. The number of amides is 1. The van der Waals surface area contributed by atoms with Crippen molar-refractivity contribution in [1.82, 2.24) is 4.90 Å². The summed E-state index contributed by atoms with van der Waals surface area (Å²) in [6.07, 6.45) is 0.805. The minimum Gasteiger partial charge on any atom is -0.422 e. The molecule has 0 saturated carbocycles. The Morgan fingerprint density at radius 1 is 1.08 bits per heavy atom. The topological polar surface area (TPSA) is 50.5 Å². The standard InChI is InChI=1S/C20H17NO3/c1-13-5-4-8-15-11-17(20(23)24-18(13)15)19(22)21-10-9-14-6-2-3-7-16(14)12-21/h2-8,11H,9-10,12H2,1H3. The lowest BCUT2D eigenvalue weighted by Gasteiger charge is -2.28. The van der Waals surface area contributed by atoms with Crippen LogP contribution in [0.3, 0.4) is 0 Å². The van der Waals surface area contributed by atoms with Crippen LogP contribution in [-0.2, 0) is 13.0 Å². The molecular weight excluding hydrogens is 302 g/mol. The van der Waals surface area contributed by atoms with E-state index in [0.29, 0.717) is 18.7 Å². The third kappa shape index (κ3) is 2.40. The normalized spacial score (nSPS) is 13.8. The van der Waals surface area contributed by atoms with Gasteiger partial charge in [-0.25, -0.2) is 4.79 Å². The minimum atomic E-state index is -0.569. The molecule has 2 heterocycles. The summed E-state index contributed by atoms with van der Waals surface area (Å²) in [5.74, 6) is -0.262. The van der Waals surface area contributed by atoms with Gasteiger partial charge in [-0.1, -0.05) is 42.5 Å². The molecule has 1 aliphatic rings. The minimum absolute atomic E-state index is 0.104. The highest BCUT2D eigenvalue weighted by atomic mass is 16.4. The fraction of sp³-hybridized carbons (Fsp3) is 0.200. The molecule has 1 amide bonds. The van der Waals surface area contributed by atoms with E-state index < -0.39 is 5.63 Å². The largest absolute Gasteiger partial charge is 0.422 e. The Bertz CT molecular complexity index is 1000. The Hall–Kier alpha value is -2.88. The first kappa shape index (κ1) is 14.7. The molecule has 120 valence electrons. The summed E-state index contributed by atoms with van der Waals surface area (Å²) in [5.41, 5.74) is 3.37. The van der Waals surface area contributed by atoms with Crippen LogP contribution in [0.2, 0.25) is 0 Å². The molecule has 0 N–H and O–H groups in total. The number of para-hydroxylation sites is 1. The molecule has 2 aromatic carbocycles. The Labute approximate surface area is 139 Å². The van der Waals surface area contributed by atoms with E-state index in [2.05, 4.69) is 6.07 Å². The second kappa shape index (κ2) is 5.64. The van der Waals surface area contributed by atoms with E-state index in [0.717, 1.165) is 22.9 Å². The smallest absolute Gasteiger partial charge is 0.349 e. The number of fused-ring (bicyclic) bond motifs is 2. The maximum atomic E-state index is 12.8. The molecule has 4 rings (SSSR count). The summed E-state index contributed by atoms with van der Waals surface area (Å²) >= 11 is 0. The van der Waals surface area contributed by atoms with Gasteiger partial charge in [-0.05, 0) is 36.1 Å². The fourth-order valence-electron chi connectivity index (χ4n) is 3.28. The van der Waals surface area contributed by atoms with Gasteiger partial charge in [0.25, 0.3) is 5.91 Å². The van der Waals surface area contributed by atoms with Gasteiger partial charge in [0.2, 0.25) is 0 Å². The van der Waals surface area contributed by atoms with Gasteiger partial charge in [-0.3, -0.25) is 4.79 Å². The van der Waals surface area contributed by atoms with Gasteiger partial charge < -0.3 is 9.32 Å². The summed E-state index contributed by atoms with van der Waals surface area (Å²) < 4.78 is 5.40. The number of carbonyl (C=O) groups excluding carboxylic acids is 1. The molecule has 0 bridgehead atoms. The summed E-state index contributed by atoms with van der Waals surface area (Å²) in [5, 5.41) is 0.773. The first-order valence-corrected chi connectivity index (χ1v) is 8.03. The first-order valence-electron chi connectivity index (χ1n) is 8.03. The second-order valence-electron chi connectivity index (χ2n) is 6.19. The predicted molar refractivity (Wildman–Crippen MR) is 92.1 cm³/mol. The van der Waals surface area contributed by atoms with Crippen molar-refractivity contribution in [3.8, 4) is 0 Å². The third-order valence-corrected chi connectivity index (χ3v) is 4.61. The number of rotatable bonds is 1. The van der Waals surface area contributed by atoms with Crippen LogP contribution in [0.4, 0.5) is 0 Å². The Kier molecular flexibility index (Phi) is 3.45. The van der Waals surface area contributed by atoms with Crippen LogP contribution in [0.15, 0.2) is 57.7 Å². The van der Waals surface area contributed by atoms with Crippen molar-refractivity contribution in [1.29, 1.82) is 0 Å². The van der Waals surface area contributed by atoms with Gasteiger partial charge >= 0.3 is 5.63 Å². The van der Waals surface area contributed by atoms with Crippen LogP contribution >= 0.6 is 0 Å². The number of aryl methyl sites for hydroxylation is 1. The Morgan fingerprint density at radius 3 is 2.71 bits per heavy atom. The molecule has 1 aliphatic heterocycles. The molecule has 4 nitrogen and oxygen atoms in total. The van der Waals surface area contributed by atoms with Gasteiger partial charge in [0.05, 0.1) is 0 Å². The van der Waals surface area contributed by atoms with Crippen LogP contribution in [0.1, 0.15) is 27.0 Å². The molecule has 0 radical (unpaired) electrons. The van der Waals surface area contributed by atoms with Crippen molar-refractivity contribution in [2.75, 3.05) is 6.54 Å². The van der Waals surface area contributed by atoms with Gasteiger partial charge in [0.1, 0.15) is 11.1 Å². The molecule has 0 spiro atoms. The van der Waals surface area contributed by atoms with E-state index in [-0.39, 0.29) is 11.5 Å². The molecule has 1 aromatic heterocycles. The van der Waals surface area contributed by atoms with Crippen LogP contribution in [0, 0.1) is 6.92 Å². The van der Waals surface area contributed by atoms with E-state index in [1.165, 1.54) is 5.56 Å². The maximum absolute atomic E-state index is 12.8. The van der Waals surface area contributed by atoms with Crippen molar-refractivity contribution in [2.45, 2.75) is 19.9 Å². The van der Waals surface area contributed by atoms with Gasteiger partial charge in [0.15, 0.2) is 0 Å². The lowest BCUT2D eigenvalue weighted by molar-refractivity contribution is 0.0730. The second-order valence-corrected chi connectivity index (χ2v) is 6.19. The van der Waals surface area contributed by atoms with Crippen LogP contribution < -0.4 is 5.63 Å². The van der Waals surface area contributed by atoms with E-state index >= 15 is 0 Å². The molecule has 0 saturated heterocycles. The Morgan fingerprint density at radius 2 is 1.88 bits per heavy atom. The van der Waals surface area contributed by atoms with Crippen molar-refractivity contribution < 1.29 is 9.21 Å². The molecule has 24 heavy (non-hydrogen) atoms. The highest BCUT2D eigenvalue weighted by Crippen LogP contribution is 2.22. The highest BCUT2D eigenvalue weighted by Gasteiger charge is 2.24. The van der Waals surface area contributed by atoms with Crippen molar-refractivity contribution in [3.05, 3.63) is 81.2 Å². The zero-order valence-electron chi connectivity index (χ0n) is 13.4. The molecule has 4 heteroatoms. The van der Waals surface area contributed by atoms with Gasteiger partial charge in [-0.2, -0.15) is 0 Å². The molecule has 0 atom stereocenters. The maximum Gasteiger partial charge on any atom is 0.349 e. The van der Waals surface area contributed by atoms with Crippen molar-refractivity contribution >= 4 is 16.9 Å². The van der Waals surface area contributed by atoms with Gasteiger partial charge in [0, 0.05) is 18.5 Å². The number of nitrogens with zero attached hydrogens (tertiary/aromatic N) is 1. The van der Waals surface area contributed by atoms with E-state index in [1.807, 2.05) is 43.3 Å². The molecule has 3 aromatic rings. The van der Waals surface area contributed by atoms with E-state index in [9.17, 15) is 9.59 Å². The molecular formula is C20H17NO3. The van der Waals surface area contributed by atoms with Crippen LogP contribution in [-0.4, -0.2) is 17.4 Å². The summed E-state index contributed by atoms with van der Waals surface area (Å²) in [7, 11) is 0. The average molecular weight is 319 g/mol. The highest BCUT2D eigenvalue weighted by molar-refractivity contribution is 5.97. The monoisotopic (exact) mass is 319 g/mol. The van der Waals surface area contributed by atoms with Crippen molar-refractivity contribution in [3.63, 3.8) is 0 Å². The zero-order valence-corrected chi connectivity index (χ0v) is 13.4. The molecule has 0 fully saturated rings. The number of benzene rings is 2. The fourth-order valence-corrected chi connectivity index (χ4v) is 3.28. The summed E-state index contributed by atoms with van der Waals surface area (Å²) in [6, 6.07) is 15.4. The van der Waals surface area contributed by atoms with Crippen LogP contribution in [0.25, 0.3) is 11.0 Å². The van der Waals surface area contributed by atoms with E-state index in [4.69, 9.17) is 4.42 Å². The predicted octanol–water partition coefficient (Wildman–Crippen LogP) is 3.30. The average Bonchev–Trinajstić information content (AvgIpc) is 2.61. The van der Waals surface area contributed by atoms with Gasteiger partial charge in [-0.15, -0.1) is 0 Å². The molecule has 0 unspecified atom stereocenters. The van der Waals surface area contributed by atoms with Crippen molar-refractivity contribution in [2.24, 2.45) is 0 Å². The number of carbonyl (C=O) groups is 1. The summed E-state index contributed by atoms with van der Waals surface area (Å²) in [6.45, 7) is 3.02. The van der Waals surface area contributed by atoms with E-state index in [1.54, 1.807) is 11.0 Å². The summed E-state index contributed by atoms with van der Waals surface area (Å²) in [4.78, 5) is 26.8. The number of hydrogen-bond donors (Lipinski definition) is 0. The quantitative estimate of drug-likeness (QED) is 0.647.